The Morgan fingerprint density at radius 3 is 3.00 bits per heavy atom. The fourth-order valence-corrected chi connectivity index (χ4v) is 4.93. The molecule has 0 spiro atoms. The maximum Gasteiger partial charge on any atom is 0.250 e. The number of piperidine rings is 1. The zero-order valence-corrected chi connectivity index (χ0v) is 15.8. The lowest BCUT2D eigenvalue weighted by Gasteiger charge is -2.40. The van der Waals surface area contributed by atoms with Gasteiger partial charge in [-0.3, -0.25) is 4.79 Å². The first kappa shape index (κ1) is 16.7. The van der Waals surface area contributed by atoms with Crippen LogP contribution in [0.2, 0.25) is 0 Å². The van der Waals surface area contributed by atoms with Crippen molar-refractivity contribution < 1.29 is 14.7 Å². The van der Waals surface area contributed by atoms with E-state index in [4.69, 9.17) is 4.74 Å². The van der Waals surface area contributed by atoms with Gasteiger partial charge in [-0.15, -0.1) is 0 Å². The van der Waals surface area contributed by atoms with Gasteiger partial charge >= 0.3 is 0 Å². The lowest BCUT2D eigenvalue weighted by molar-refractivity contribution is -0.924. The summed E-state index contributed by atoms with van der Waals surface area (Å²) in [6.45, 7) is 3.82. The van der Waals surface area contributed by atoms with Crippen LogP contribution in [0.4, 0.5) is 0 Å². The van der Waals surface area contributed by atoms with E-state index in [1.54, 1.807) is 13.2 Å². The molecule has 1 fully saturated rings. The van der Waals surface area contributed by atoms with Crippen molar-refractivity contribution in [1.82, 2.24) is 4.57 Å². The first-order valence-corrected chi connectivity index (χ1v) is 9.43. The number of hydrogen-bond donors (Lipinski definition) is 2. The predicted molar refractivity (Wildman–Crippen MR) is 98.3 cm³/mol. The van der Waals surface area contributed by atoms with Crippen molar-refractivity contribution in [1.29, 1.82) is 0 Å². The van der Waals surface area contributed by atoms with Gasteiger partial charge in [-0.2, -0.15) is 0 Å². The molecule has 132 valence electrons. The van der Waals surface area contributed by atoms with Gasteiger partial charge in [-0.05, 0) is 40.5 Å². The van der Waals surface area contributed by atoms with Crippen molar-refractivity contribution in [2.75, 3.05) is 20.2 Å². The van der Waals surface area contributed by atoms with Crippen LogP contribution in [0, 0.1) is 5.92 Å². The average molecular weight is 406 g/mol. The number of phenolic OH excluding ortho intramolecular Hbond substituents is 1. The summed E-state index contributed by atoms with van der Waals surface area (Å²) in [5, 5.41) is 9.98. The van der Waals surface area contributed by atoms with Crippen LogP contribution < -0.4 is 15.2 Å². The lowest BCUT2D eigenvalue weighted by atomic mass is 9.83. The molecule has 2 aliphatic heterocycles. The van der Waals surface area contributed by atoms with Gasteiger partial charge in [0.2, 0.25) is 0 Å². The second-order valence-electron chi connectivity index (χ2n) is 7.16. The van der Waals surface area contributed by atoms with Crippen LogP contribution in [0.25, 0.3) is 0 Å². The summed E-state index contributed by atoms with van der Waals surface area (Å²) in [6, 6.07) is 9.52. The highest BCUT2D eigenvalue weighted by Crippen LogP contribution is 2.35. The number of quaternary nitrogens is 1. The molecule has 1 aromatic heterocycles. The molecule has 5 nitrogen and oxygen atoms in total. The number of nitrogens with zero attached hydrogens (tertiary/aromatic N) is 1. The van der Waals surface area contributed by atoms with E-state index in [-0.39, 0.29) is 11.3 Å². The highest BCUT2D eigenvalue weighted by atomic mass is 79.9. The molecule has 4 rings (SSSR count). The number of methoxy groups -OCH3 is 1. The lowest BCUT2D eigenvalue weighted by Crippen LogP contribution is -3.13. The minimum atomic E-state index is 0.128. The Labute approximate surface area is 155 Å². The van der Waals surface area contributed by atoms with Crippen LogP contribution >= 0.6 is 15.9 Å². The quantitative estimate of drug-likeness (QED) is 0.813. The molecule has 25 heavy (non-hydrogen) atoms. The molecule has 0 amide bonds. The van der Waals surface area contributed by atoms with Gasteiger partial charge in [0.05, 0.1) is 24.7 Å². The van der Waals surface area contributed by atoms with E-state index in [1.165, 1.54) is 17.0 Å². The number of halogens is 1. The molecule has 0 saturated carbocycles. The summed E-state index contributed by atoms with van der Waals surface area (Å²) in [7, 11) is 1.57. The largest absolute Gasteiger partial charge is 0.503 e. The first-order chi connectivity index (χ1) is 12.0. The standard InChI is InChI=1S/C19H21BrN2O3/c1-25-17-7-12(6-15(20)19(17)24)8-21-9-13-5-14(11-21)16-3-2-4-18(23)22(16)10-13/h2-4,6-7,13-14,24H,5,8-11H2,1H3/p+1/t13-,14+/m0/s1. The summed E-state index contributed by atoms with van der Waals surface area (Å²) < 4.78 is 7.89. The molecule has 0 aliphatic carbocycles. The summed E-state index contributed by atoms with van der Waals surface area (Å²) in [4.78, 5) is 13.6. The topological polar surface area (TPSA) is 55.9 Å². The van der Waals surface area contributed by atoms with E-state index in [0.29, 0.717) is 22.1 Å². The molecule has 1 unspecified atom stereocenters. The SMILES string of the molecule is COc1cc(C[NH+]2C[C@@H]3C[C@H](C2)c2cccc(=O)n2C3)cc(Br)c1O. The summed E-state index contributed by atoms with van der Waals surface area (Å²) in [6.07, 6.45) is 1.18. The molecule has 6 heteroatoms. The summed E-state index contributed by atoms with van der Waals surface area (Å²) in [5.41, 5.74) is 2.45. The highest BCUT2D eigenvalue weighted by Gasteiger charge is 2.37. The van der Waals surface area contributed by atoms with Crippen molar-refractivity contribution >= 4 is 15.9 Å². The van der Waals surface area contributed by atoms with Crippen LogP contribution in [-0.2, 0) is 13.1 Å². The van der Waals surface area contributed by atoms with E-state index in [9.17, 15) is 9.90 Å². The Hall–Kier alpha value is -1.79. The van der Waals surface area contributed by atoms with E-state index in [1.807, 2.05) is 22.8 Å². The number of likely N-dealkylation sites (tertiary alicyclic amines) is 1. The number of hydrogen-bond acceptors (Lipinski definition) is 3. The summed E-state index contributed by atoms with van der Waals surface area (Å²) >= 11 is 3.40. The van der Waals surface area contributed by atoms with Crippen molar-refractivity contribution in [3.8, 4) is 11.5 Å². The molecule has 1 saturated heterocycles. The molecule has 2 aromatic rings. The van der Waals surface area contributed by atoms with Crippen LogP contribution in [0.15, 0.2) is 39.6 Å². The fraction of sp³-hybridized carbons (Fsp3) is 0.421. The average Bonchev–Trinajstić information content (AvgIpc) is 2.59. The molecule has 2 N–H and O–H groups in total. The number of ether oxygens (including phenoxy) is 1. The molecule has 2 aliphatic rings. The number of fused-ring (bicyclic) bond motifs is 4. The third-order valence-electron chi connectivity index (χ3n) is 5.44. The molecular formula is C19H22BrN2O3+. The molecule has 3 atom stereocenters. The molecule has 1 aromatic carbocycles. The van der Waals surface area contributed by atoms with Crippen molar-refractivity contribution in [2.45, 2.75) is 25.4 Å². The van der Waals surface area contributed by atoms with Crippen LogP contribution in [-0.4, -0.2) is 29.9 Å². The maximum atomic E-state index is 12.1. The molecule has 0 radical (unpaired) electrons. The third-order valence-corrected chi connectivity index (χ3v) is 6.04. The Kier molecular flexibility index (Phi) is 4.33. The highest BCUT2D eigenvalue weighted by molar-refractivity contribution is 9.10. The number of phenols is 1. The van der Waals surface area contributed by atoms with E-state index >= 15 is 0 Å². The van der Waals surface area contributed by atoms with Gasteiger partial charge in [0, 0.05) is 35.7 Å². The number of aromatic nitrogens is 1. The van der Waals surface area contributed by atoms with E-state index in [0.717, 1.165) is 31.7 Å². The van der Waals surface area contributed by atoms with Crippen molar-refractivity contribution in [3.05, 3.63) is 56.4 Å². The number of nitrogens with one attached hydrogen (secondary N) is 1. The summed E-state index contributed by atoms with van der Waals surface area (Å²) in [5.74, 6) is 1.63. The number of aromatic hydroxyl groups is 1. The van der Waals surface area contributed by atoms with Crippen molar-refractivity contribution in [3.63, 3.8) is 0 Å². The van der Waals surface area contributed by atoms with Gasteiger partial charge in [-0.25, -0.2) is 0 Å². The Bertz CT molecular complexity index is 864. The molecule has 2 bridgehead atoms. The van der Waals surface area contributed by atoms with Crippen LogP contribution in [0.5, 0.6) is 11.5 Å². The van der Waals surface area contributed by atoms with Crippen LogP contribution in [0.1, 0.15) is 23.6 Å². The van der Waals surface area contributed by atoms with E-state index < -0.39 is 0 Å². The normalized spacial score (nSPS) is 24.6. The Morgan fingerprint density at radius 2 is 2.20 bits per heavy atom. The first-order valence-electron chi connectivity index (χ1n) is 8.64. The maximum absolute atomic E-state index is 12.1. The Morgan fingerprint density at radius 1 is 1.36 bits per heavy atom. The van der Waals surface area contributed by atoms with Crippen LogP contribution in [0.3, 0.4) is 0 Å². The fourth-order valence-electron chi connectivity index (χ4n) is 4.44. The zero-order valence-electron chi connectivity index (χ0n) is 14.2. The smallest absolute Gasteiger partial charge is 0.250 e. The monoisotopic (exact) mass is 405 g/mol. The van der Waals surface area contributed by atoms with E-state index in [2.05, 4.69) is 22.0 Å². The molecular weight excluding hydrogens is 384 g/mol. The third kappa shape index (κ3) is 3.09. The van der Waals surface area contributed by atoms with Crippen molar-refractivity contribution in [2.24, 2.45) is 5.92 Å². The number of rotatable bonds is 3. The number of benzene rings is 1. The zero-order chi connectivity index (χ0) is 17.6. The van der Waals surface area contributed by atoms with Gasteiger partial charge in [-0.1, -0.05) is 6.07 Å². The van der Waals surface area contributed by atoms with Gasteiger partial charge in [0.25, 0.3) is 5.56 Å². The second kappa shape index (κ2) is 6.50. The van der Waals surface area contributed by atoms with Gasteiger partial charge in [0.15, 0.2) is 11.5 Å². The van der Waals surface area contributed by atoms with Gasteiger partial charge in [0.1, 0.15) is 6.54 Å². The minimum absolute atomic E-state index is 0.128. The molecule has 3 heterocycles. The number of pyridine rings is 1. The Balaban J connectivity index is 1.57. The van der Waals surface area contributed by atoms with Gasteiger partial charge < -0.3 is 19.3 Å². The minimum Gasteiger partial charge on any atom is -0.503 e. The predicted octanol–water partition coefficient (Wildman–Crippen LogP) is 1.53. The second-order valence-corrected chi connectivity index (χ2v) is 8.02.